The first-order chi connectivity index (χ1) is 14.2. The van der Waals surface area contributed by atoms with Crippen molar-refractivity contribution in [2.24, 2.45) is 0 Å². The molecule has 146 valence electrons. The Hall–Kier alpha value is -3.75. The molecule has 1 aliphatic heterocycles. The van der Waals surface area contributed by atoms with E-state index in [0.717, 1.165) is 23.9 Å². The van der Waals surface area contributed by atoms with E-state index in [0.29, 0.717) is 24.5 Å². The molecule has 1 aliphatic rings. The van der Waals surface area contributed by atoms with Crippen LogP contribution in [0.2, 0.25) is 0 Å². The maximum absolute atomic E-state index is 13.1. The number of fused-ring (bicyclic) bond motifs is 1. The van der Waals surface area contributed by atoms with Gasteiger partial charge in [-0.05, 0) is 37.1 Å². The fourth-order valence-corrected chi connectivity index (χ4v) is 3.83. The van der Waals surface area contributed by atoms with Crippen molar-refractivity contribution in [3.8, 4) is 5.82 Å². The van der Waals surface area contributed by atoms with Crippen molar-refractivity contribution in [2.75, 3.05) is 6.54 Å². The second kappa shape index (κ2) is 7.01. The third-order valence-electron chi connectivity index (χ3n) is 5.31. The number of imidazole rings is 2. The molecule has 4 aromatic rings. The summed E-state index contributed by atoms with van der Waals surface area (Å²) in [6.07, 6.45) is 8.41. The predicted molar refractivity (Wildman–Crippen MR) is 106 cm³/mol. The van der Waals surface area contributed by atoms with E-state index >= 15 is 0 Å². The highest BCUT2D eigenvalue weighted by Crippen LogP contribution is 2.22. The van der Waals surface area contributed by atoms with Crippen LogP contribution >= 0.6 is 0 Å². The molecule has 0 saturated carbocycles. The van der Waals surface area contributed by atoms with Crippen LogP contribution in [0, 0.1) is 0 Å². The van der Waals surface area contributed by atoms with Gasteiger partial charge in [-0.2, -0.15) is 5.10 Å². The quantitative estimate of drug-likeness (QED) is 0.571. The van der Waals surface area contributed by atoms with Crippen molar-refractivity contribution >= 4 is 16.9 Å². The van der Waals surface area contributed by atoms with Gasteiger partial charge in [-0.3, -0.25) is 14.2 Å². The lowest BCUT2D eigenvalue weighted by Crippen LogP contribution is -2.40. The molecule has 1 atom stereocenters. The first-order valence-corrected chi connectivity index (χ1v) is 9.50. The minimum Gasteiger partial charge on any atom is -0.345 e. The summed E-state index contributed by atoms with van der Waals surface area (Å²) in [7, 11) is 0. The molecule has 5 rings (SSSR count). The van der Waals surface area contributed by atoms with Crippen molar-refractivity contribution in [3.63, 3.8) is 0 Å². The Labute approximate surface area is 165 Å². The largest absolute Gasteiger partial charge is 0.345 e. The molecule has 1 unspecified atom stereocenters. The van der Waals surface area contributed by atoms with E-state index in [1.807, 2.05) is 17.0 Å². The number of likely N-dealkylation sites (tertiary alicyclic amines) is 1. The van der Waals surface area contributed by atoms with Crippen molar-refractivity contribution in [2.45, 2.75) is 25.4 Å². The van der Waals surface area contributed by atoms with Gasteiger partial charge in [0.1, 0.15) is 6.33 Å². The fourth-order valence-electron chi connectivity index (χ4n) is 3.83. The third-order valence-corrected chi connectivity index (χ3v) is 5.31. The van der Waals surface area contributed by atoms with Gasteiger partial charge in [-0.1, -0.05) is 0 Å². The molecule has 1 fully saturated rings. The average molecular weight is 389 g/mol. The van der Waals surface area contributed by atoms with E-state index in [-0.39, 0.29) is 17.5 Å². The van der Waals surface area contributed by atoms with Crippen LogP contribution in [0.15, 0.2) is 60.2 Å². The Balaban J connectivity index is 1.40. The molecule has 9 heteroatoms. The number of H-pyrrole nitrogens is 1. The number of hydrogen-bond donors (Lipinski definition) is 1. The fraction of sp³-hybridized carbons (Fsp3) is 0.250. The van der Waals surface area contributed by atoms with E-state index in [2.05, 4.69) is 20.1 Å². The van der Waals surface area contributed by atoms with Crippen LogP contribution in [0.25, 0.3) is 16.9 Å². The zero-order valence-corrected chi connectivity index (χ0v) is 15.6. The third kappa shape index (κ3) is 3.20. The smallest absolute Gasteiger partial charge is 0.266 e. The standard InChI is InChI=1S/C20H19N7O2/c28-19-6-5-18(25-9-7-21-13-25)24-27(19)11-15-2-1-8-26(15)20(29)14-3-4-16-17(10-14)23-12-22-16/h3-7,9-10,12-13,15H,1-2,8,11H2,(H,22,23). The summed E-state index contributed by atoms with van der Waals surface area (Å²) in [6, 6.07) is 8.54. The zero-order chi connectivity index (χ0) is 19.8. The summed E-state index contributed by atoms with van der Waals surface area (Å²) in [6.45, 7) is 1.03. The Bertz CT molecular complexity index is 1230. The number of nitrogens with one attached hydrogen (secondary N) is 1. The lowest BCUT2D eigenvalue weighted by molar-refractivity contribution is 0.0720. The van der Waals surface area contributed by atoms with Crippen LogP contribution in [0.5, 0.6) is 0 Å². The van der Waals surface area contributed by atoms with Crippen LogP contribution < -0.4 is 5.56 Å². The molecular weight excluding hydrogens is 370 g/mol. The normalized spacial score (nSPS) is 16.6. The maximum Gasteiger partial charge on any atom is 0.266 e. The monoisotopic (exact) mass is 389 g/mol. The first kappa shape index (κ1) is 17.4. The van der Waals surface area contributed by atoms with Gasteiger partial charge in [0.2, 0.25) is 0 Å². The minimum atomic E-state index is -0.188. The van der Waals surface area contributed by atoms with Crippen molar-refractivity contribution < 1.29 is 4.79 Å². The van der Waals surface area contributed by atoms with Crippen LogP contribution in [0.1, 0.15) is 23.2 Å². The van der Waals surface area contributed by atoms with Crippen molar-refractivity contribution in [1.82, 2.24) is 34.2 Å². The van der Waals surface area contributed by atoms with E-state index in [1.54, 1.807) is 41.7 Å². The SMILES string of the molecule is O=C(c1ccc2nc[nH]c2c1)N1CCCC1Cn1nc(-n2ccnc2)ccc1=O. The number of carbonyl (C=O) groups excluding carboxylic acids is 1. The molecule has 0 radical (unpaired) electrons. The molecule has 1 N–H and O–H groups in total. The van der Waals surface area contributed by atoms with Gasteiger partial charge in [0.15, 0.2) is 5.82 Å². The number of benzene rings is 1. The summed E-state index contributed by atoms with van der Waals surface area (Å²) >= 11 is 0. The molecule has 1 aromatic carbocycles. The molecule has 3 aromatic heterocycles. The van der Waals surface area contributed by atoms with Crippen molar-refractivity contribution in [3.05, 3.63) is 71.3 Å². The Kier molecular flexibility index (Phi) is 4.19. The van der Waals surface area contributed by atoms with Crippen LogP contribution in [0.4, 0.5) is 0 Å². The molecule has 1 amide bonds. The average Bonchev–Trinajstić information content (AvgIpc) is 3.50. The number of nitrogens with zero attached hydrogens (tertiary/aromatic N) is 6. The van der Waals surface area contributed by atoms with Gasteiger partial charge in [0.25, 0.3) is 11.5 Å². The van der Waals surface area contributed by atoms with Gasteiger partial charge < -0.3 is 9.88 Å². The first-order valence-electron chi connectivity index (χ1n) is 9.50. The number of amides is 1. The van der Waals surface area contributed by atoms with Gasteiger partial charge >= 0.3 is 0 Å². The van der Waals surface area contributed by atoms with Crippen molar-refractivity contribution in [1.29, 1.82) is 0 Å². The van der Waals surface area contributed by atoms with Gasteiger partial charge in [0.05, 0.1) is 29.9 Å². The lowest BCUT2D eigenvalue weighted by Gasteiger charge is -2.25. The Morgan fingerprint density at radius 3 is 3.03 bits per heavy atom. The molecule has 9 nitrogen and oxygen atoms in total. The zero-order valence-electron chi connectivity index (χ0n) is 15.6. The van der Waals surface area contributed by atoms with E-state index < -0.39 is 0 Å². The predicted octanol–water partition coefficient (Wildman–Crippen LogP) is 1.61. The number of aromatic amines is 1. The summed E-state index contributed by atoms with van der Waals surface area (Å²) in [5.74, 6) is 0.575. The van der Waals surface area contributed by atoms with Crippen LogP contribution in [0.3, 0.4) is 0 Å². The minimum absolute atomic E-state index is 0.0391. The molecule has 0 aliphatic carbocycles. The lowest BCUT2D eigenvalue weighted by atomic mass is 10.1. The van der Waals surface area contributed by atoms with Gasteiger partial charge in [-0.25, -0.2) is 14.6 Å². The van der Waals surface area contributed by atoms with E-state index in [1.165, 1.54) is 10.7 Å². The topological polar surface area (TPSA) is 102 Å². The second-order valence-electron chi connectivity index (χ2n) is 7.11. The number of rotatable bonds is 4. The molecule has 0 bridgehead atoms. The number of hydrogen-bond acceptors (Lipinski definition) is 5. The second-order valence-corrected chi connectivity index (χ2v) is 7.11. The molecule has 0 spiro atoms. The van der Waals surface area contributed by atoms with E-state index in [9.17, 15) is 9.59 Å². The number of aromatic nitrogens is 6. The summed E-state index contributed by atoms with van der Waals surface area (Å²) in [5, 5.41) is 4.45. The van der Waals surface area contributed by atoms with Gasteiger partial charge in [0, 0.05) is 30.6 Å². The van der Waals surface area contributed by atoms with Gasteiger partial charge in [-0.15, -0.1) is 0 Å². The molecular formula is C20H19N7O2. The maximum atomic E-state index is 13.1. The summed E-state index contributed by atoms with van der Waals surface area (Å²) in [4.78, 5) is 38.6. The molecule has 1 saturated heterocycles. The van der Waals surface area contributed by atoms with Crippen LogP contribution in [-0.4, -0.2) is 52.7 Å². The number of carbonyl (C=O) groups is 1. The van der Waals surface area contributed by atoms with E-state index in [4.69, 9.17) is 0 Å². The highest BCUT2D eigenvalue weighted by Gasteiger charge is 2.30. The highest BCUT2D eigenvalue weighted by molar-refractivity contribution is 5.97. The Morgan fingerprint density at radius 2 is 2.17 bits per heavy atom. The molecule has 4 heterocycles. The molecule has 29 heavy (non-hydrogen) atoms. The summed E-state index contributed by atoms with van der Waals surface area (Å²) in [5.41, 5.74) is 2.08. The Morgan fingerprint density at radius 1 is 1.24 bits per heavy atom. The van der Waals surface area contributed by atoms with Crippen LogP contribution in [-0.2, 0) is 6.54 Å². The summed E-state index contributed by atoms with van der Waals surface area (Å²) < 4.78 is 3.18. The highest BCUT2D eigenvalue weighted by atomic mass is 16.2.